The number of rotatable bonds is 5. The van der Waals surface area contributed by atoms with Gasteiger partial charge in [-0.1, -0.05) is 46.8 Å². The van der Waals surface area contributed by atoms with Crippen LogP contribution in [0.3, 0.4) is 0 Å². The van der Waals surface area contributed by atoms with Gasteiger partial charge in [-0.15, -0.1) is 0 Å². The van der Waals surface area contributed by atoms with Gasteiger partial charge in [0, 0.05) is 12.1 Å². The van der Waals surface area contributed by atoms with Crippen molar-refractivity contribution in [1.29, 1.82) is 0 Å². The largest absolute Gasteiger partial charge is 0.464 e. The third-order valence-corrected chi connectivity index (χ3v) is 7.35. The number of amides is 3. The Kier molecular flexibility index (Phi) is 7.39. The first kappa shape index (κ1) is 29.0. The molecule has 3 aromatic rings. The first-order chi connectivity index (χ1) is 19.8. The molecule has 4 heterocycles. The fraction of sp³-hybridized carbons (Fsp3) is 0.448. The van der Waals surface area contributed by atoms with Crippen molar-refractivity contribution in [3.05, 3.63) is 52.9 Å². The SMILES string of the molecule is COC(=O)c1coc(-c2nc3oc2[C@H]2C(=O)Nc4ccc(cc42)C[C@H](NC(=O)[C@@H](O)C(C)C)C(=O)N[C@H]3C(C)(C)C)n1. The number of hydrogen-bond donors (Lipinski definition) is 4. The van der Waals surface area contributed by atoms with Crippen LogP contribution in [-0.4, -0.2) is 58.0 Å². The Morgan fingerprint density at radius 2 is 1.90 bits per heavy atom. The molecule has 4 bridgehead atoms. The third-order valence-electron chi connectivity index (χ3n) is 7.35. The van der Waals surface area contributed by atoms with E-state index in [-0.39, 0.29) is 47.2 Å². The van der Waals surface area contributed by atoms with Gasteiger partial charge in [0.2, 0.25) is 29.5 Å². The summed E-state index contributed by atoms with van der Waals surface area (Å²) < 4.78 is 16.6. The van der Waals surface area contributed by atoms with E-state index in [4.69, 9.17) is 13.6 Å². The molecule has 4 N–H and O–H groups in total. The van der Waals surface area contributed by atoms with Gasteiger partial charge >= 0.3 is 5.97 Å². The number of aliphatic hydroxyl groups is 1. The van der Waals surface area contributed by atoms with E-state index in [0.29, 0.717) is 16.8 Å². The molecule has 4 atom stereocenters. The first-order valence-corrected chi connectivity index (χ1v) is 13.6. The lowest BCUT2D eigenvalue weighted by atomic mass is 9.86. The number of aromatic nitrogens is 2. The number of anilines is 1. The summed E-state index contributed by atoms with van der Waals surface area (Å²) in [5.74, 6) is -3.46. The number of fused-ring (bicyclic) bond motifs is 4. The van der Waals surface area contributed by atoms with Crippen molar-refractivity contribution < 1.29 is 37.9 Å². The molecule has 0 spiro atoms. The lowest BCUT2D eigenvalue weighted by Gasteiger charge is -2.31. The Labute approximate surface area is 241 Å². The molecule has 5 rings (SSSR count). The summed E-state index contributed by atoms with van der Waals surface area (Å²) >= 11 is 0. The molecule has 0 saturated heterocycles. The Morgan fingerprint density at radius 1 is 1.17 bits per heavy atom. The minimum Gasteiger partial charge on any atom is -0.464 e. The molecule has 2 aliphatic heterocycles. The summed E-state index contributed by atoms with van der Waals surface area (Å²) in [6, 6.07) is 3.34. The maximum Gasteiger partial charge on any atom is 0.360 e. The van der Waals surface area contributed by atoms with Gasteiger partial charge in [0.25, 0.3) is 0 Å². The summed E-state index contributed by atoms with van der Waals surface area (Å²) in [4.78, 5) is 60.9. The Morgan fingerprint density at radius 3 is 2.57 bits per heavy atom. The van der Waals surface area contributed by atoms with Crippen molar-refractivity contribution in [2.24, 2.45) is 11.3 Å². The number of aliphatic hydroxyl groups excluding tert-OH is 1. The van der Waals surface area contributed by atoms with Crippen LogP contribution in [0.4, 0.5) is 5.69 Å². The topological polar surface area (TPSA) is 186 Å². The third kappa shape index (κ3) is 5.27. The summed E-state index contributed by atoms with van der Waals surface area (Å²) in [5, 5.41) is 18.8. The number of carbonyl (C=O) groups excluding carboxylic acids is 4. The molecular formula is C29H33N5O8. The van der Waals surface area contributed by atoms with Crippen LogP contribution in [0.25, 0.3) is 11.6 Å². The highest BCUT2D eigenvalue weighted by atomic mass is 16.5. The van der Waals surface area contributed by atoms with E-state index in [1.807, 2.05) is 20.8 Å². The number of hydrogen-bond acceptors (Lipinski definition) is 10. The van der Waals surface area contributed by atoms with E-state index in [2.05, 4.69) is 25.9 Å². The van der Waals surface area contributed by atoms with Crippen LogP contribution in [0.5, 0.6) is 0 Å². The van der Waals surface area contributed by atoms with Gasteiger partial charge in [-0.05, 0) is 28.5 Å². The van der Waals surface area contributed by atoms with Crippen molar-refractivity contribution in [2.45, 2.75) is 65.1 Å². The quantitative estimate of drug-likeness (QED) is 0.327. The fourth-order valence-electron chi connectivity index (χ4n) is 5.00. The predicted molar refractivity (Wildman–Crippen MR) is 147 cm³/mol. The van der Waals surface area contributed by atoms with Crippen LogP contribution in [0.2, 0.25) is 0 Å². The molecule has 42 heavy (non-hydrogen) atoms. The van der Waals surface area contributed by atoms with Gasteiger partial charge in [0.1, 0.15) is 30.4 Å². The van der Waals surface area contributed by atoms with E-state index < -0.39 is 47.3 Å². The highest BCUT2D eigenvalue weighted by Crippen LogP contribution is 2.44. The molecule has 2 aliphatic rings. The van der Waals surface area contributed by atoms with Crippen LogP contribution < -0.4 is 16.0 Å². The minimum atomic E-state index is -1.31. The summed E-state index contributed by atoms with van der Waals surface area (Å²) in [7, 11) is 1.21. The minimum absolute atomic E-state index is 0.0699. The average molecular weight is 580 g/mol. The van der Waals surface area contributed by atoms with Crippen molar-refractivity contribution in [2.75, 3.05) is 12.4 Å². The number of esters is 1. The molecule has 13 heteroatoms. The highest BCUT2D eigenvalue weighted by Gasteiger charge is 2.42. The fourth-order valence-corrected chi connectivity index (χ4v) is 5.00. The number of nitrogens with one attached hydrogen (secondary N) is 3. The smallest absolute Gasteiger partial charge is 0.360 e. The van der Waals surface area contributed by atoms with E-state index in [0.717, 1.165) is 6.26 Å². The number of methoxy groups -OCH3 is 1. The second-order valence-electron chi connectivity index (χ2n) is 11.9. The Hall–Kier alpha value is -4.52. The van der Waals surface area contributed by atoms with Gasteiger partial charge in [-0.3, -0.25) is 14.4 Å². The van der Waals surface area contributed by atoms with Crippen molar-refractivity contribution >= 4 is 29.4 Å². The molecule has 0 saturated carbocycles. The van der Waals surface area contributed by atoms with Gasteiger partial charge in [-0.25, -0.2) is 14.8 Å². The van der Waals surface area contributed by atoms with Crippen molar-refractivity contribution in [1.82, 2.24) is 20.6 Å². The monoisotopic (exact) mass is 579 g/mol. The van der Waals surface area contributed by atoms with Gasteiger partial charge < -0.3 is 34.6 Å². The molecular weight excluding hydrogens is 546 g/mol. The second kappa shape index (κ2) is 10.7. The van der Waals surface area contributed by atoms with Gasteiger partial charge in [0.05, 0.1) is 7.11 Å². The normalized spacial score (nSPS) is 20.7. The van der Waals surface area contributed by atoms with E-state index >= 15 is 0 Å². The summed E-state index contributed by atoms with van der Waals surface area (Å²) in [6.07, 6.45) is -0.0956. The molecule has 2 aromatic heterocycles. The summed E-state index contributed by atoms with van der Waals surface area (Å²) in [6.45, 7) is 9.00. The Bertz CT molecular complexity index is 1570. The number of ether oxygens (including phenoxy) is 1. The standard InChI is InChI=1S/C29H33N5O8/c1-12(2)20(35)25(38)31-16-10-13-7-8-15-14(9-13)18(24(37)30-15)21-19(26-32-17(11-41-26)28(39)40-6)33-27(42-21)22(29(3,4)5)34-23(16)36/h7-9,11-12,16,18,20,22,35H,10H2,1-6H3,(H,30,37)(H,31,38)(H,34,36)/t16-,18-,20-,22+/m0/s1. The van der Waals surface area contributed by atoms with Crippen LogP contribution in [0, 0.1) is 11.3 Å². The molecule has 0 radical (unpaired) electrons. The molecule has 0 aliphatic carbocycles. The first-order valence-electron chi connectivity index (χ1n) is 13.6. The number of nitrogens with zero attached hydrogens (tertiary/aromatic N) is 2. The van der Waals surface area contributed by atoms with E-state index in [1.54, 1.807) is 32.0 Å². The Balaban J connectivity index is 1.67. The van der Waals surface area contributed by atoms with Crippen molar-refractivity contribution in [3.63, 3.8) is 0 Å². The second-order valence-corrected chi connectivity index (χ2v) is 11.9. The molecule has 0 fully saturated rings. The predicted octanol–water partition coefficient (Wildman–Crippen LogP) is 2.46. The van der Waals surface area contributed by atoms with Crippen molar-refractivity contribution in [3.8, 4) is 11.6 Å². The summed E-state index contributed by atoms with van der Waals surface area (Å²) in [5.41, 5.74) is 1.12. The molecule has 3 amide bonds. The number of carbonyl (C=O) groups is 4. The number of oxazole rings is 2. The van der Waals surface area contributed by atoms with E-state index in [1.165, 1.54) is 7.11 Å². The van der Waals surface area contributed by atoms with Crippen LogP contribution in [0.15, 0.2) is 33.3 Å². The highest BCUT2D eigenvalue weighted by molar-refractivity contribution is 6.05. The van der Waals surface area contributed by atoms with Crippen LogP contribution >= 0.6 is 0 Å². The lowest BCUT2D eigenvalue weighted by Crippen LogP contribution is -2.53. The zero-order chi connectivity index (χ0) is 30.5. The van der Waals surface area contributed by atoms with Crippen LogP contribution in [-0.2, 0) is 25.5 Å². The zero-order valence-electron chi connectivity index (χ0n) is 24.1. The van der Waals surface area contributed by atoms with Gasteiger partial charge in [-0.2, -0.15) is 0 Å². The zero-order valence-corrected chi connectivity index (χ0v) is 24.1. The molecule has 0 unspecified atom stereocenters. The molecule has 13 nitrogen and oxygen atoms in total. The molecule has 222 valence electrons. The van der Waals surface area contributed by atoms with Gasteiger partial charge in [0.15, 0.2) is 17.1 Å². The lowest BCUT2D eigenvalue weighted by molar-refractivity contribution is -0.136. The van der Waals surface area contributed by atoms with Crippen LogP contribution in [0.1, 0.15) is 79.8 Å². The number of benzene rings is 1. The molecule has 1 aromatic carbocycles. The average Bonchev–Trinajstić information content (AvgIpc) is 3.65. The van der Waals surface area contributed by atoms with E-state index in [9.17, 15) is 24.3 Å². The maximum absolute atomic E-state index is 13.8. The maximum atomic E-state index is 13.8.